The van der Waals surface area contributed by atoms with Crippen LogP contribution in [0.5, 0.6) is 0 Å². The van der Waals surface area contributed by atoms with Gasteiger partial charge in [-0.15, -0.1) is 0 Å². The molecule has 6 nitrogen and oxygen atoms in total. The van der Waals surface area contributed by atoms with Gasteiger partial charge in [0.25, 0.3) is 0 Å². The Morgan fingerprint density at radius 1 is 1.09 bits per heavy atom. The quantitative estimate of drug-likeness (QED) is 0.651. The van der Waals surface area contributed by atoms with Gasteiger partial charge in [-0.1, -0.05) is 19.1 Å². The van der Waals surface area contributed by atoms with Crippen LogP contribution in [0.15, 0.2) is 65.5 Å². The van der Waals surface area contributed by atoms with E-state index in [9.17, 15) is 17.6 Å². The molecule has 0 fully saturated rings. The summed E-state index contributed by atoms with van der Waals surface area (Å²) in [6, 6.07) is 11.2. The number of halogens is 1. The van der Waals surface area contributed by atoms with Gasteiger partial charge in [-0.25, -0.2) is 12.8 Å². The highest BCUT2D eigenvalue weighted by Crippen LogP contribution is 2.37. The van der Waals surface area contributed by atoms with Crippen LogP contribution in [0.1, 0.15) is 29.2 Å². The van der Waals surface area contributed by atoms with Crippen molar-refractivity contribution in [3.63, 3.8) is 0 Å². The second-order valence-electron chi connectivity index (χ2n) is 7.92. The summed E-state index contributed by atoms with van der Waals surface area (Å²) >= 11 is 0. The zero-order valence-electron chi connectivity index (χ0n) is 18.1. The molecule has 0 aromatic heterocycles. The number of allylic oxidation sites excluding steroid dienone is 1. The maximum absolute atomic E-state index is 13.6. The summed E-state index contributed by atoms with van der Waals surface area (Å²) in [4.78, 5) is 13.4. The molecule has 1 atom stereocenters. The summed E-state index contributed by atoms with van der Waals surface area (Å²) in [5.41, 5.74) is 5.22. The van der Waals surface area contributed by atoms with E-state index in [1.807, 2.05) is 36.4 Å². The first-order valence-electron chi connectivity index (χ1n) is 10.3. The average molecular weight is 454 g/mol. The molecule has 166 valence electrons. The number of hydrazone groups is 1. The van der Waals surface area contributed by atoms with Crippen molar-refractivity contribution in [3.05, 3.63) is 88.5 Å². The van der Waals surface area contributed by atoms with Gasteiger partial charge < -0.3 is 9.69 Å². The lowest BCUT2D eigenvalue weighted by Gasteiger charge is -2.30. The SMILES string of the molecule is CCS(=O)(=O)Cc1ccc2c(c1)C1=CN(C)C(C=O)C=C1N(C)N=C2c1ccc(F)cc1. The number of benzene rings is 2. The summed E-state index contributed by atoms with van der Waals surface area (Å²) in [6.07, 6.45) is 4.57. The van der Waals surface area contributed by atoms with Crippen molar-refractivity contribution in [3.8, 4) is 0 Å². The molecule has 0 N–H and O–H groups in total. The van der Waals surface area contributed by atoms with Crippen molar-refractivity contribution in [1.82, 2.24) is 9.91 Å². The molecule has 4 rings (SSSR count). The predicted octanol–water partition coefficient (Wildman–Crippen LogP) is 3.20. The van der Waals surface area contributed by atoms with Crippen LogP contribution in [-0.2, 0) is 20.4 Å². The molecule has 2 aromatic rings. The van der Waals surface area contributed by atoms with Crippen molar-refractivity contribution in [2.45, 2.75) is 18.7 Å². The molecule has 2 aliphatic rings. The van der Waals surface area contributed by atoms with Gasteiger partial charge in [0.05, 0.1) is 17.2 Å². The highest BCUT2D eigenvalue weighted by Gasteiger charge is 2.29. The Morgan fingerprint density at radius 3 is 2.47 bits per heavy atom. The molecule has 0 aliphatic carbocycles. The summed E-state index contributed by atoms with van der Waals surface area (Å²) in [5, 5.41) is 6.49. The van der Waals surface area contributed by atoms with Gasteiger partial charge >= 0.3 is 0 Å². The number of sulfone groups is 1. The predicted molar refractivity (Wildman–Crippen MR) is 123 cm³/mol. The second-order valence-corrected chi connectivity index (χ2v) is 10.3. The van der Waals surface area contributed by atoms with Crippen LogP contribution >= 0.6 is 0 Å². The Hall–Kier alpha value is -3.26. The molecule has 2 aromatic carbocycles. The molecule has 0 saturated heterocycles. The topological polar surface area (TPSA) is 70.1 Å². The smallest absolute Gasteiger partial charge is 0.154 e. The third-order valence-electron chi connectivity index (χ3n) is 5.72. The number of aldehydes is 1. The molecule has 1 unspecified atom stereocenters. The maximum atomic E-state index is 13.6. The monoisotopic (exact) mass is 453 g/mol. The largest absolute Gasteiger partial charge is 0.367 e. The Balaban J connectivity index is 1.95. The Morgan fingerprint density at radius 2 is 1.81 bits per heavy atom. The molecule has 0 saturated carbocycles. The van der Waals surface area contributed by atoms with E-state index in [1.165, 1.54) is 12.1 Å². The number of nitrogens with zero attached hydrogens (tertiary/aromatic N) is 3. The van der Waals surface area contributed by atoms with Crippen molar-refractivity contribution < 1.29 is 17.6 Å². The number of hydrogen-bond acceptors (Lipinski definition) is 6. The Kier molecular flexibility index (Phi) is 5.73. The van der Waals surface area contributed by atoms with Crippen LogP contribution in [0.25, 0.3) is 5.57 Å². The summed E-state index contributed by atoms with van der Waals surface area (Å²) in [7, 11) is 0.397. The molecule has 8 heteroatoms. The Labute approximate surface area is 187 Å². The standard InChI is InChI=1S/C24H24FN3O3S/c1-4-32(30,31)15-16-5-10-20-21(11-16)22-13-27(2)19(14-29)12-23(22)28(3)26-24(20)17-6-8-18(25)9-7-17/h5-14,19H,4,15H2,1-3H3. The fourth-order valence-corrected chi connectivity index (χ4v) is 4.79. The number of hydrogen-bond donors (Lipinski definition) is 0. The van der Waals surface area contributed by atoms with E-state index in [-0.39, 0.29) is 17.3 Å². The third kappa shape index (κ3) is 4.10. The highest BCUT2D eigenvalue weighted by molar-refractivity contribution is 7.90. The first-order valence-corrected chi connectivity index (χ1v) is 12.1. The number of fused-ring (bicyclic) bond motifs is 3. The average Bonchev–Trinajstić information content (AvgIpc) is 2.88. The van der Waals surface area contributed by atoms with Crippen molar-refractivity contribution in [2.24, 2.45) is 5.10 Å². The highest BCUT2D eigenvalue weighted by atomic mass is 32.2. The minimum absolute atomic E-state index is 0.0607. The Bertz CT molecular complexity index is 1260. The zero-order chi connectivity index (χ0) is 23.0. The van der Waals surface area contributed by atoms with Gasteiger partial charge in [0.2, 0.25) is 0 Å². The fourth-order valence-electron chi connectivity index (χ4n) is 3.90. The van der Waals surface area contributed by atoms with Crippen LogP contribution in [0.4, 0.5) is 4.39 Å². The van der Waals surface area contributed by atoms with Gasteiger partial charge in [-0.3, -0.25) is 5.01 Å². The van der Waals surface area contributed by atoms with E-state index >= 15 is 0 Å². The normalized spacial score (nSPS) is 18.1. The molecule has 2 aliphatic heterocycles. The maximum Gasteiger partial charge on any atom is 0.154 e. The molecule has 0 amide bonds. The number of carbonyl (C=O) groups excluding carboxylic acids is 1. The van der Waals surface area contributed by atoms with E-state index in [2.05, 4.69) is 0 Å². The summed E-state index contributed by atoms with van der Waals surface area (Å²) in [5.74, 6) is -0.340. The molecule has 0 radical (unpaired) electrons. The van der Waals surface area contributed by atoms with Crippen molar-refractivity contribution >= 4 is 27.4 Å². The fraction of sp³-hybridized carbons (Fsp3) is 0.250. The molecule has 2 heterocycles. The number of carbonyl (C=O) groups is 1. The van der Waals surface area contributed by atoms with Crippen LogP contribution in [0.2, 0.25) is 0 Å². The first kappa shape index (κ1) is 22.0. The number of rotatable bonds is 5. The lowest BCUT2D eigenvalue weighted by atomic mass is 9.90. The number of likely N-dealkylation sites (N-methyl/N-ethyl adjacent to an activating group) is 2. The molecular weight excluding hydrogens is 429 g/mol. The third-order valence-corrected chi connectivity index (χ3v) is 7.37. The van der Waals surface area contributed by atoms with Gasteiger partial charge in [0.1, 0.15) is 18.1 Å². The molecule has 0 bridgehead atoms. The van der Waals surface area contributed by atoms with E-state index in [1.54, 1.807) is 37.2 Å². The van der Waals surface area contributed by atoms with Crippen LogP contribution < -0.4 is 0 Å². The molecule has 0 spiro atoms. The van der Waals surface area contributed by atoms with Crippen LogP contribution in [-0.4, -0.2) is 56.2 Å². The van der Waals surface area contributed by atoms with Gasteiger partial charge in [0.15, 0.2) is 9.84 Å². The van der Waals surface area contributed by atoms with Crippen LogP contribution in [0, 0.1) is 5.82 Å². The zero-order valence-corrected chi connectivity index (χ0v) is 18.9. The van der Waals surface area contributed by atoms with E-state index in [4.69, 9.17) is 5.10 Å². The molecular formula is C24H24FN3O3S. The van der Waals surface area contributed by atoms with Gasteiger partial charge in [-0.2, -0.15) is 5.10 Å². The van der Waals surface area contributed by atoms with E-state index < -0.39 is 15.9 Å². The van der Waals surface area contributed by atoms with Crippen LogP contribution in [0.3, 0.4) is 0 Å². The lowest BCUT2D eigenvalue weighted by Crippen LogP contribution is -2.32. The van der Waals surface area contributed by atoms with E-state index in [0.29, 0.717) is 11.3 Å². The van der Waals surface area contributed by atoms with Gasteiger partial charge in [0, 0.05) is 42.7 Å². The van der Waals surface area contributed by atoms with Crippen molar-refractivity contribution in [1.29, 1.82) is 0 Å². The first-order chi connectivity index (χ1) is 15.2. The van der Waals surface area contributed by atoms with Gasteiger partial charge in [-0.05, 0) is 47.5 Å². The second kappa shape index (κ2) is 8.35. The minimum Gasteiger partial charge on any atom is -0.367 e. The summed E-state index contributed by atoms with van der Waals surface area (Å²) in [6.45, 7) is 1.63. The van der Waals surface area contributed by atoms with E-state index in [0.717, 1.165) is 34.2 Å². The minimum atomic E-state index is -3.22. The molecule has 32 heavy (non-hydrogen) atoms. The lowest BCUT2D eigenvalue weighted by molar-refractivity contribution is -0.110. The van der Waals surface area contributed by atoms with Crippen molar-refractivity contribution in [2.75, 3.05) is 19.8 Å². The summed E-state index contributed by atoms with van der Waals surface area (Å²) < 4.78 is 38.1.